The summed E-state index contributed by atoms with van der Waals surface area (Å²) in [7, 11) is 0. The van der Waals surface area contributed by atoms with Crippen molar-refractivity contribution >= 4 is 17.7 Å². The zero-order chi connectivity index (χ0) is 11.5. The van der Waals surface area contributed by atoms with Gasteiger partial charge in [-0.2, -0.15) is 0 Å². The topological polar surface area (TPSA) is 46.5 Å². The normalized spacial score (nSPS) is 17.8. The van der Waals surface area contributed by atoms with Gasteiger partial charge in [0.15, 0.2) is 0 Å². The number of ether oxygens (including phenoxy) is 1. The molecule has 4 heteroatoms. The monoisotopic (exact) mass is 238 g/mol. The van der Waals surface area contributed by atoms with Crippen LogP contribution in [0.25, 0.3) is 0 Å². The second-order valence-corrected chi connectivity index (χ2v) is 5.28. The van der Waals surface area contributed by atoms with Crippen molar-refractivity contribution in [2.24, 2.45) is 0 Å². The van der Waals surface area contributed by atoms with Gasteiger partial charge in [-0.05, 0) is 24.6 Å². The Labute approximate surface area is 98.8 Å². The summed E-state index contributed by atoms with van der Waals surface area (Å²) in [6, 6.07) is 7.75. The van der Waals surface area contributed by atoms with Crippen LogP contribution in [-0.4, -0.2) is 29.5 Å². The molecule has 1 unspecified atom stereocenters. The van der Waals surface area contributed by atoms with E-state index in [1.165, 1.54) is 4.90 Å². The van der Waals surface area contributed by atoms with Crippen LogP contribution >= 0.6 is 11.8 Å². The second kappa shape index (κ2) is 4.89. The zero-order valence-corrected chi connectivity index (χ0v) is 9.87. The van der Waals surface area contributed by atoms with Crippen molar-refractivity contribution in [3.05, 3.63) is 29.8 Å². The molecule has 0 saturated carbocycles. The third-order valence-corrected chi connectivity index (χ3v) is 3.81. The van der Waals surface area contributed by atoms with Crippen LogP contribution in [-0.2, 0) is 9.53 Å². The highest BCUT2D eigenvalue weighted by Gasteiger charge is 2.19. The first kappa shape index (κ1) is 11.5. The van der Waals surface area contributed by atoms with Crippen molar-refractivity contribution in [1.82, 2.24) is 0 Å². The molecule has 16 heavy (non-hydrogen) atoms. The van der Waals surface area contributed by atoms with Crippen LogP contribution < -0.4 is 0 Å². The van der Waals surface area contributed by atoms with Gasteiger partial charge in [-0.15, -0.1) is 11.8 Å². The van der Waals surface area contributed by atoms with E-state index in [1.807, 2.05) is 24.3 Å². The van der Waals surface area contributed by atoms with Crippen LogP contribution in [0, 0.1) is 0 Å². The van der Waals surface area contributed by atoms with E-state index in [4.69, 9.17) is 9.84 Å². The van der Waals surface area contributed by atoms with E-state index in [9.17, 15) is 4.79 Å². The fourth-order valence-electron chi connectivity index (χ4n) is 1.45. The fourth-order valence-corrected chi connectivity index (χ4v) is 2.46. The van der Waals surface area contributed by atoms with Gasteiger partial charge in [0.25, 0.3) is 0 Å². The molecule has 86 valence electrons. The van der Waals surface area contributed by atoms with E-state index in [0.29, 0.717) is 5.25 Å². The molecular formula is C12H14O3S. The van der Waals surface area contributed by atoms with Crippen LogP contribution in [0.5, 0.6) is 0 Å². The third-order valence-electron chi connectivity index (χ3n) is 2.66. The maximum atomic E-state index is 10.8. The fraction of sp³-hybridized carbons (Fsp3) is 0.417. The molecule has 2 rings (SSSR count). The molecule has 1 aromatic carbocycles. The van der Waals surface area contributed by atoms with Crippen molar-refractivity contribution < 1.29 is 14.6 Å². The van der Waals surface area contributed by atoms with E-state index in [2.05, 4.69) is 0 Å². The van der Waals surface area contributed by atoms with Crippen LogP contribution in [0.1, 0.15) is 18.4 Å². The first-order valence-corrected chi connectivity index (χ1v) is 6.12. The minimum atomic E-state index is -0.784. The van der Waals surface area contributed by atoms with Gasteiger partial charge in [0.2, 0.25) is 0 Å². The van der Waals surface area contributed by atoms with Crippen molar-refractivity contribution in [3.8, 4) is 0 Å². The van der Waals surface area contributed by atoms with Gasteiger partial charge in [0.05, 0.1) is 24.4 Å². The molecule has 1 saturated heterocycles. The number of rotatable bonds is 4. The highest BCUT2D eigenvalue weighted by atomic mass is 32.2. The molecule has 1 atom stereocenters. The lowest BCUT2D eigenvalue weighted by molar-refractivity contribution is -0.138. The minimum Gasteiger partial charge on any atom is -0.481 e. The number of aliphatic carboxylic acids is 1. The molecule has 1 aromatic rings. The maximum Gasteiger partial charge on any atom is 0.310 e. The number of thioether (sulfide) groups is 1. The Morgan fingerprint density at radius 2 is 2.06 bits per heavy atom. The van der Waals surface area contributed by atoms with Gasteiger partial charge in [0, 0.05) is 4.90 Å². The van der Waals surface area contributed by atoms with Crippen molar-refractivity contribution in [2.75, 3.05) is 13.2 Å². The summed E-state index contributed by atoms with van der Waals surface area (Å²) < 4.78 is 5.10. The molecule has 0 aromatic heterocycles. The molecular weight excluding hydrogens is 224 g/mol. The van der Waals surface area contributed by atoms with Crippen LogP contribution in [0.2, 0.25) is 0 Å². The molecule has 0 radical (unpaired) electrons. The molecule has 1 heterocycles. The van der Waals surface area contributed by atoms with E-state index in [0.717, 1.165) is 18.8 Å². The smallest absolute Gasteiger partial charge is 0.310 e. The Bertz CT molecular complexity index is 370. The largest absolute Gasteiger partial charge is 0.481 e. The lowest BCUT2D eigenvalue weighted by Gasteiger charge is -2.25. The summed E-state index contributed by atoms with van der Waals surface area (Å²) in [5, 5.41) is 9.43. The molecule has 1 aliphatic rings. The Morgan fingerprint density at radius 1 is 1.44 bits per heavy atom. The van der Waals surface area contributed by atoms with Gasteiger partial charge in [0.1, 0.15) is 0 Å². The summed E-state index contributed by atoms with van der Waals surface area (Å²) >= 11 is 1.79. The minimum absolute atomic E-state index is 0.439. The quantitative estimate of drug-likeness (QED) is 0.874. The van der Waals surface area contributed by atoms with Crippen molar-refractivity contribution in [3.63, 3.8) is 0 Å². The predicted octanol–water partition coefficient (Wildman–Crippen LogP) is 2.37. The number of benzene rings is 1. The highest BCUT2D eigenvalue weighted by molar-refractivity contribution is 8.00. The summed E-state index contributed by atoms with van der Waals surface area (Å²) in [6.45, 7) is 3.33. The summed E-state index contributed by atoms with van der Waals surface area (Å²) in [5.41, 5.74) is 0.849. The Kier molecular flexibility index (Phi) is 3.51. The summed E-state index contributed by atoms with van der Waals surface area (Å²) in [4.78, 5) is 12.0. The number of hydrogen-bond donors (Lipinski definition) is 1. The third kappa shape index (κ3) is 2.57. The SMILES string of the molecule is CC(C(=O)O)c1ccc(SC2COC2)cc1. The molecule has 3 nitrogen and oxygen atoms in total. The number of hydrogen-bond acceptors (Lipinski definition) is 3. The Balaban J connectivity index is 2.00. The van der Waals surface area contributed by atoms with E-state index in [1.54, 1.807) is 18.7 Å². The number of carbonyl (C=O) groups is 1. The Hall–Kier alpha value is -1.00. The first-order chi connectivity index (χ1) is 7.66. The molecule has 1 fully saturated rings. The predicted molar refractivity (Wildman–Crippen MR) is 63.0 cm³/mol. The molecule has 0 aliphatic carbocycles. The number of carboxylic acid groups (broad SMARTS) is 1. The van der Waals surface area contributed by atoms with Crippen LogP contribution in [0.4, 0.5) is 0 Å². The molecule has 1 N–H and O–H groups in total. The lowest BCUT2D eigenvalue weighted by Crippen LogP contribution is -2.29. The second-order valence-electron chi connectivity index (χ2n) is 3.91. The summed E-state index contributed by atoms with van der Waals surface area (Å²) in [5.74, 6) is -1.22. The van der Waals surface area contributed by atoms with Gasteiger partial charge in [-0.3, -0.25) is 4.79 Å². The van der Waals surface area contributed by atoms with Gasteiger partial charge in [-0.25, -0.2) is 0 Å². The van der Waals surface area contributed by atoms with E-state index < -0.39 is 11.9 Å². The van der Waals surface area contributed by atoms with Gasteiger partial charge < -0.3 is 9.84 Å². The standard InChI is InChI=1S/C12H14O3S/c1-8(12(13)14)9-2-4-10(5-3-9)16-11-6-15-7-11/h2-5,8,11H,6-7H2,1H3,(H,13,14). The molecule has 0 amide bonds. The molecule has 0 bridgehead atoms. The van der Waals surface area contributed by atoms with E-state index in [-0.39, 0.29) is 0 Å². The average molecular weight is 238 g/mol. The van der Waals surface area contributed by atoms with E-state index >= 15 is 0 Å². The van der Waals surface area contributed by atoms with Crippen molar-refractivity contribution in [2.45, 2.75) is 23.0 Å². The first-order valence-electron chi connectivity index (χ1n) is 5.24. The number of carboxylic acids is 1. The highest BCUT2D eigenvalue weighted by Crippen LogP contribution is 2.29. The molecule has 0 spiro atoms. The van der Waals surface area contributed by atoms with Gasteiger partial charge >= 0.3 is 5.97 Å². The maximum absolute atomic E-state index is 10.8. The summed E-state index contributed by atoms with van der Waals surface area (Å²) in [6.07, 6.45) is 0. The lowest BCUT2D eigenvalue weighted by atomic mass is 10.0. The van der Waals surface area contributed by atoms with Crippen molar-refractivity contribution in [1.29, 1.82) is 0 Å². The average Bonchev–Trinajstić information content (AvgIpc) is 2.23. The van der Waals surface area contributed by atoms with Crippen LogP contribution in [0.15, 0.2) is 29.2 Å². The molecule has 1 aliphatic heterocycles. The van der Waals surface area contributed by atoms with Gasteiger partial charge in [-0.1, -0.05) is 12.1 Å². The Morgan fingerprint density at radius 3 is 2.50 bits per heavy atom. The van der Waals surface area contributed by atoms with Crippen LogP contribution in [0.3, 0.4) is 0 Å². The zero-order valence-electron chi connectivity index (χ0n) is 9.05.